The minimum atomic E-state index is -1.32. The van der Waals surface area contributed by atoms with Gasteiger partial charge in [0.1, 0.15) is 23.0 Å². The van der Waals surface area contributed by atoms with Crippen LogP contribution in [0.4, 0.5) is 19.0 Å². The van der Waals surface area contributed by atoms with E-state index >= 15 is 0 Å². The molecule has 0 saturated carbocycles. The van der Waals surface area contributed by atoms with E-state index in [0.717, 1.165) is 0 Å². The monoisotopic (exact) mass is 287 g/mol. The fourth-order valence-electron chi connectivity index (χ4n) is 1.33. The maximum absolute atomic E-state index is 13.4. The fraction of sp³-hybridized carbons (Fsp3) is 0. The smallest absolute Gasteiger partial charge is 0.262 e. The number of halogens is 4. The summed E-state index contributed by atoms with van der Waals surface area (Å²) in [5.41, 5.74) is -0.928. The van der Waals surface area contributed by atoms with Crippen molar-refractivity contribution in [2.45, 2.75) is 0 Å². The molecule has 0 aliphatic carbocycles. The van der Waals surface area contributed by atoms with Crippen molar-refractivity contribution in [3.05, 3.63) is 52.7 Å². The van der Waals surface area contributed by atoms with Crippen molar-refractivity contribution in [3.63, 3.8) is 0 Å². The summed E-state index contributed by atoms with van der Waals surface area (Å²) in [6, 6.07) is 0.798. The average Bonchev–Trinajstić information content (AvgIpc) is 2.30. The molecule has 0 radical (unpaired) electrons. The van der Waals surface area contributed by atoms with Crippen LogP contribution >= 0.6 is 11.6 Å². The van der Waals surface area contributed by atoms with Crippen LogP contribution in [0.2, 0.25) is 5.15 Å². The number of nitrogens with zero attached hydrogens (tertiary/aromatic N) is 2. The van der Waals surface area contributed by atoms with E-state index in [-0.39, 0.29) is 11.0 Å². The van der Waals surface area contributed by atoms with E-state index in [4.69, 9.17) is 11.6 Å². The highest BCUT2D eigenvalue weighted by atomic mass is 35.5. The van der Waals surface area contributed by atoms with Gasteiger partial charge in [-0.3, -0.25) is 4.79 Å². The summed E-state index contributed by atoms with van der Waals surface area (Å²) < 4.78 is 39.4. The van der Waals surface area contributed by atoms with Crippen molar-refractivity contribution in [3.8, 4) is 0 Å². The predicted molar refractivity (Wildman–Crippen MR) is 61.3 cm³/mol. The number of aromatic nitrogens is 2. The first kappa shape index (κ1) is 13.3. The van der Waals surface area contributed by atoms with Gasteiger partial charge < -0.3 is 5.32 Å². The minimum absolute atomic E-state index is 0.140. The molecule has 1 N–H and O–H groups in total. The van der Waals surface area contributed by atoms with Gasteiger partial charge in [-0.05, 0) is 0 Å². The van der Waals surface area contributed by atoms with Gasteiger partial charge in [0, 0.05) is 24.5 Å². The lowest BCUT2D eigenvalue weighted by atomic mass is 10.2. The Kier molecular flexibility index (Phi) is 3.66. The molecule has 2 aromatic rings. The predicted octanol–water partition coefficient (Wildman–Crippen LogP) is 2.80. The van der Waals surface area contributed by atoms with Gasteiger partial charge >= 0.3 is 0 Å². The summed E-state index contributed by atoms with van der Waals surface area (Å²) in [5.74, 6) is -5.07. The van der Waals surface area contributed by atoms with Crippen molar-refractivity contribution >= 4 is 23.3 Å². The number of nitrogens with one attached hydrogen (secondary N) is 1. The number of carbonyl (C=O) groups is 1. The number of benzene rings is 1. The first-order chi connectivity index (χ1) is 8.99. The molecule has 98 valence electrons. The van der Waals surface area contributed by atoms with Gasteiger partial charge in [-0.1, -0.05) is 11.6 Å². The second-order valence-corrected chi connectivity index (χ2v) is 3.75. The first-order valence-electron chi connectivity index (χ1n) is 4.91. The molecule has 0 saturated heterocycles. The zero-order valence-corrected chi connectivity index (χ0v) is 9.88. The number of hydrogen-bond donors (Lipinski definition) is 1. The van der Waals surface area contributed by atoms with Crippen molar-refractivity contribution in [2.24, 2.45) is 0 Å². The minimum Gasteiger partial charge on any atom is -0.304 e. The Balaban J connectivity index is 2.34. The van der Waals surface area contributed by atoms with Crippen LogP contribution in [0.15, 0.2) is 24.5 Å². The lowest BCUT2D eigenvalue weighted by Crippen LogP contribution is -2.17. The van der Waals surface area contributed by atoms with Gasteiger partial charge in [-0.25, -0.2) is 23.1 Å². The highest BCUT2D eigenvalue weighted by Gasteiger charge is 2.20. The van der Waals surface area contributed by atoms with E-state index in [2.05, 4.69) is 15.3 Å². The summed E-state index contributed by atoms with van der Waals surface area (Å²) in [4.78, 5) is 19.0. The molecule has 0 aliphatic rings. The Morgan fingerprint density at radius 2 is 1.68 bits per heavy atom. The van der Waals surface area contributed by atoms with E-state index in [1.165, 1.54) is 12.4 Å². The summed E-state index contributed by atoms with van der Waals surface area (Å²) in [6.07, 6.45) is 2.51. The molecular weight excluding hydrogens is 283 g/mol. The van der Waals surface area contributed by atoms with Crippen LogP contribution in [-0.4, -0.2) is 15.9 Å². The summed E-state index contributed by atoms with van der Waals surface area (Å²) >= 11 is 5.62. The number of anilines is 1. The maximum atomic E-state index is 13.4. The Morgan fingerprint density at radius 1 is 1.11 bits per heavy atom. The summed E-state index contributed by atoms with van der Waals surface area (Å²) in [5, 5.41) is 1.94. The van der Waals surface area contributed by atoms with Crippen molar-refractivity contribution in [1.29, 1.82) is 0 Å². The fourth-order valence-corrected chi connectivity index (χ4v) is 1.49. The van der Waals surface area contributed by atoms with E-state index in [9.17, 15) is 18.0 Å². The number of hydrogen-bond acceptors (Lipinski definition) is 3. The third kappa shape index (κ3) is 2.82. The third-order valence-corrected chi connectivity index (χ3v) is 2.40. The molecule has 4 nitrogen and oxygen atoms in total. The van der Waals surface area contributed by atoms with E-state index in [1.807, 2.05) is 0 Å². The topological polar surface area (TPSA) is 54.9 Å². The van der Waals surface area contributed by atoms with Crippen LogP contribution in [0.25, 0.3) is 0 Å². The molecule has 0 aliphatic heterocycles. The zero-order chi connectivity index (χ0) is 14.0. The summed E-state index contributed by atoms with van der Waals surface area (Å²) in [7, 11) is 0. The average molecular weight is 288 g/mol. The van der Waals surface area contributed by atoms with Crippen LogP contribution in [0.3, 0.4) is 0 Å². The standard InChI is InChI=1S/C11H5ClF3N3O/c12-9-10(17-2-1-16-9)18-11(19)8-6(14)3-5(13)4-7(8)15/h1-4H,(H,17,18,19). The van der Waals surface area contributed by atoms with Gasteiger partial charge in [0.25, 0.3) is 5.91 Å². The second kappa shape index (κ2) is 5.23. The second-order valence-electron chi connectivity index (χ2n) is 3.39. The highest BCUT2D eigenvalue weighted by molar-refractivity contribution is 6.32. The van der Waals surface area contributed by atoms with Gasteiger partial charge in [0.2, 0.25) is 0 Å². The Morgan fingerprint density at radius 3 is 2.26 bits per heavy atom. The lowest BCUT2D eigenvalue weighted by Gasteiger charge is -2.07. The van der Waals surface area contributed by atoms with E-state index in [1.54, 1.807) is 0 Å². The molecule has 1 heterocycles. The quantitative estimate of drug-likeness (QED) is 0.924. The number of rotatable bonds is 2. The molecule has 1 amide bonds. The van der Waals surface area contributed by atoms with Gasteiger partial charge in [-0.15, -0.1) is 0 Å². The summed E-state index contributed by atoms with van der Waals surface area (Å²) in [6.45, 7) is 0. The van der Waals surface area contributed by atoms with Crippen LogP contribution in [0, 0.1) is 17.5 Å². The molecule has 8 heteroatoms. The molecule has 2 rings (SSSR count). The molecule has 0 atom stereocenters. The van der Waals surface area contributed by atoms with Crippen LogP contribution in [0.5, 0.6) is 0 Å². The Bertz CT molecular complexity index is 628. The van der Waals surface area contributed by atoms with E-state index in [0.29, 0.717) is 12.1 Å². The first-order valence-corrected chi connectivity index (χ1v) is 5.29. The molecule has 0 fully saturated rings. The zero-order valence-electron chi connectivity index (χ0n) is 9.12. The van der Waals surface area contributed by atoms with Crippen molar-refractivity contribution < 1.29 is 18.0 Å². The van der Waals surface area contributed by atoms with Crippen molar-refractivity contribution in [1.82, 2.24) is 9.97 Å². The van der Waals surface area contributed by atoms with Gasteiger partial charge in [0.15, 0.2) is 11.0 Å². The van der Waals surface area contributed by atoms with E-state index < -0.39 is 28.9 Å². The molecule has 1 aromatic heterocycles. The molecule has 0 bridgehead atoms. The largest absolute Gasteiger partial charge is 0.304 e. The normalized spacial score (nSPS) is 10.3. The molecular formula is C11H5ClF3N3O. The van der Waals surface area contributed by atoms with Gasteiger partial charge in [-0.2, -0.15) is 0 Å². The molecule has 1 aromatic carbocycles. The van der Waals surface area contributed by atoms with Crippen LogP contribution in [-0.2, 0) is 0 Å². The Hall–Kier alpha value is -2.15. The van der Waals surface area contributed by atoms with Gasteiger partial charge in [0.05, 0.1) is 0 Å². The third-order valence-electron chi connectivity index (χ3n) is 2.12. The lowest BCUT2D eigenvalue weighted by molar-refractivity contribution is 0.101. The van der Waals surface area contributed by atoms with Crippen molar-refractivity contribution in [2.75, 3.05) is 5.32 Å². The maximum Gasteiger partial charge on any atom is 0.262 e. The van der Waals surface area contributed by atoms with Crippen LogP contribution < -0.4 is 5.32 Å². The highest BCUT2D eigenvalue weighted by Crippen LogP contribution is 2.19. The Labute approximate surface area is 110 Å². The molecule has 0 unspecified atom stereocenters. The molecule has 19 heavy (non-hydrogen) atoms. The SMILES string of the molecule is O=C(Nc1nccnc1Cl)c1c(F)cc(F)cc1F. The van der Waals surface area contributed by atoms with Crippen LogP contribution in [0.1, 0.15) is 10.4 Å². The number of amides is 1. The number of carbonyl (C=O) groups excluding carboxylic acids is 1. The molecule has 0 spiro atoms.